The molecule has 0 amide bonds. The van der Waals surface area contributed by atoms with E-state index in [9.17, 15) is 0 Å². The Kier molecular flexibility index (Phi) is 6.34. The number of benzene rings is 2. The first kappa shape index (κ1) is 21.5. The number of ether oxygens (including phenoxy) is 2. The van der Waals surface area contributed by atoms with Crippen LogP contribution in [0.3, 0.4) is 0 Å². The Hall–Kier alpha value is -4.38. The van der Waals surface area contributed by atoms with E-state index in [-0.39, 0.29) is 0 Å². The molecule has 0 spiro atoms. The quantitative estimate of drug-likeness (QED) is 0.344. The smallest absolute Gasteiger partial charge is 0.129 e. The van der Waals surface area contributed by atoms with Crippen LogP contribution in [0.5, 0.6) is 11.5 Å². The number of rotatable bonds is 8. The van der Waals surface area contributed by atoms with E-state index >= 15 is 0 Å². The lowest BCUT2D eigenvalue weighted by atomic mass is 10.0. The highest BCUT2D eigenvalue weighted by Gasteiger charge is 2.08. The first-order chi connectivity index (χ1) is 16.8. The van der Waals surface area contributed by atoms with Crippen molar-refractivity contribution in [3.63, 3.8) is 0 Å². The third kappa shape index (κ3) is 4.99. The molecule has 0 unspecified atom stereocenters. The van der Waals surface area contributed by atoms with Gasteiger partial charge >= 0.3 is 0 Å². The molecule has 2 aromatic heterocycles. The lowest BCUT2D eigenvalue weighted by Gasteiger charge is -2.10. The highest BCUT2D eigenvalue weighted by molar-refractivity contribution is 5.76. The Labute approximate surface area is 199 Å². The van der Waals surface area contributed by atoms with Gasteiger partial charge < -0.3 is 9.47 Å². The molecule has 0 saturated carbocycles. The fourth-order valence-corrected chi connectivity index (χ4v) is 3.92. The first-order valence-corrected chi connectivity index (χ1v) is 11.2. The maximum Gasteiger partial charge on any atom is 0.129 e. The predicted octanol–water partition coefficient (Wildman–Crippen LogP) is 6.30. The number of hydrogen-bond donors (Lipinski definition) is 1. The molecule has 1 N–H and O–H groups in total. The maximum absolute atomic E-state index is 5.87. The minimum atomic E-state index is 0.456. The summed E-state index contributed by atoms with van der Waals surface area (Å²) in [6.07, 6.45) is 17.1. The molecule has 0 fully saturated rings. The average molecular weight is 448 g/mol. The number of methoxy groups -OCH3 is 1. The van der Waals surface area contributed by atoms with Crippen LogP contribution < -0.4 is 9.47 Å². The van der Waals surface area contributed by atoms with E-state index in [1.807, 2.05) is 48.6 Å². The van der Waals surface area contributed by atoms with Crippen LogP contribution in [-0.4, -0.2) is 22.3 Å². The SMILES string of the molecule is COc1cc(OCc2cccnc2)ccc1/C=C/c1cc(/C=C/c2cccc3c2CC=C3)[nH]n1. The molecule has 0 aliphatic heterocycles. The lowest BCUT2D eigenvalue weighted by molar-refractivity contribution is 0.303. The van der Waals surface area contributed by atoms with Crippen molar-refractivity contribution in [1.29, 1.82) is 0 Å². The second-order valence-corrected chi connectivity index (χ2v) is 7.99. The molecule has 0 bridgehead atoms. The van der Waals surface area contributed by atoms with E-state index < -0.39 is 0 Å². The summed E-state index contributed by atoms with van der Waals surface area (Å²) in [5.41, 5.74) is 7.68. The van der Waals surface area contributed by atoms with Gasteiger partial charge in [-0.2, -0.15) is 5.10 Å². The summed E-state index contributed by atoms with van der Waals surface area (Å²) in [7, 11) is 1.66. The molecule has 168 valence electrons. The van der Waals surface area contributed by atoms with Gasteiger partial charge in [-0.15, -0.1) is 0 Å². The minimum absolute atomic E-state index is 0.456. The molecule has 34 heavy (non-hydrogen) atoms. The normalized spacial score (nSPS) is 12.5. The third-order valence-corrected chi connectivity index (χ3v) is 5.69. The minimum Gasteiger partial charge on any atom is -0.496 e. The molecule has 5 heteroatoms. The van der Waals surface area contributed by atoms with Gasteiger partial charge in [-0.05, 0) is 65.6 Å². The molecule has 2 aromatic carbocycles. The number of pyridine rings is 1. The standard InChI is InChI=1S/C29H25N3O2/c1-33-29-18-27(34-20-21-5-4-16-30-19-21)15-12-24(29)11-14-26-17-25(31-32-26)13-10-23-7-2-6-22-8-3-9-28(22)23/h2-8,10-19H,9,20H2,1H3,(H,31,32)/b13-10+,14-11+. The molecular weight excluding hydrogens is 422 g/mol. The second-order valence-electron chi connectivity index (χ2n) is 7.99. The summed E-state index contributed by atoms with van der Waals surface area (Å²) in [4.78, 5) is 4.11. The molecule has 5 rings (SSSR count). The molecular formula is C29H25N3O2. The zero-order valence-electron chi connectivity index (χ0n) is 18.9. The number of nitrogens with zero attached hydrogens (tertiary/aromatic N) is 2. The van der Waals surface area contributed by atoms with Gasteiger partial charge in [0.1, 0.15) is 18.1 Å². The molecule has 1 aliphatic rings. The zero-order valence-corrected chi connectivity index (χ0v) is 18.9. The molecule has 2 heterocycles. The average Bonchev–Trinajstić information content (AvgIpc) is 3.55. The van der Waals surface area contributed by atoms with Gasteiger partial charge in [0.15, 0.2) is 0 Å². The van der Waals surface area contributed by atoms with E-state index in [4.69, 9.17) is 9.47 Å². The molecule has 1 aliphatic carbocycles. The van der Waals surface area contributed by atoms with Gasteiger partial charge in [-0.25, -0.2) is 0 Å². The van der Waals surface area contributed by atoms with Crippen LogP contribution in [0.1, 0.15) is 39.2 Å². The lowest BCUT2D eigenvalue weighted by Crippen LogP contribution is -1.96. The maximum atomic E-state index is 5.87. The largest absolute Gasteiger partial charge is 0.496 e. The summed E-state index contributed by atoms with van der Waals surface area (Å²) < 4.78 is 11.4. The number of H-pyrrole nitrogens is 1. The number of aromatic amines is 1. The van der Waals surface area contributed by atoms with Crippen LogP contribution in [0.25, 0.3) is 30.4 Å². The molecule has 4 aromatic rings. The van der Waals surface area contributed by atoms with Crippen LogP contribution in [0.2, 0.25) is 0 Å². The van der Waals surface area contributed by atoms with E-state index in [2.05, 4.69) is 57.7 Å². The van der Waals surface area contributed by atoms with Crippen LogP contribution in [0.15, 0.2) is 73.1 Å². The zero-order chi connectivity index (χ0) is 23.2. The van der Waals surface area contributed by atoms with Crippen molar-refractivity contribution < 1.29 is 9.47 Å². The highest BCUT2D eigenvalue weighted by Crippen LogP contribution is 2.27. The summed E-state index contributed by atoms with van der Waals surface area (Å²) >= 11 is 0. The monoisotopic (exact) mass is 447 g/mol. The second kappa shape index (κ2) is 10.0. The summed E-state index contributed by atoms with van der Waals surface area (Å²) in [5.74, 6) is 1.48. The summed E-state index contributed by atoms with van der Waals surface area (Å²) in [6, 6.07) is 18.1. The number of nitrogens with one attached hydrogen (secondary N) is 1. The Morgan fingerprint density at radius 1 is 0.971 bits per heavy atom. The van der Waals surface area contributed by atoms with Crippen molar-refractivity contribution in [3.8, 4) is 11.5 Å². The van der Waals surface area contributed by atoms with Gasteiger partial charge in [0.2, 0.25) is 0 Å². The fraction of sp³-hybridized carbons (Fsp3) is 0.103. The Morgan fingerprint density at radius 2 is 1.91 bits per heavy atom. The van der Waals surface area contributed by atoms with E-state index in [1.54, 1.807) is 19.5 Å². The van der Waals surface area contributed by atoms with E-state index in [0.29, 0.717) is 6.61 Å². The van der Waals surface area contributed by atoms with Crippen molar-refractivity contribution in [1.82, 2.24) is 15.2 Å². The fourth-order valence-electron chi connectivity index (χ4n) is 3.92. The first-order valence-electron chi connectivity index (χ1n) is 11.2. The van der Waals surface area contributed by atoms with Crippen LogP contribution in [0, 0.1) is 0 Å². The van der Waals surface area contributed by atoms with Gasteiger partial charge in [0, 0.05) is 29.6 Å². The van der Waals surface area contributed by atoms with Gasteiger partial charge in [-0.1, -0.05) is 42.5 Å². The predicted molar refractivity (Wildman–Crippen MR) is 137 cm³/mol. The van der Waals surface area contributed by atoms with E-state index in [0.717, 1.165) is 40.4 Å². The molecule has 0 saturated heterocycles. The number of hydrogen-bond acceptors (Lipinski definition) is 4. The van der Waals surface area contributed by atoms with Gasteiger partial charge in [-0.3, -0.25) is 10.1 Å². The van der Waals surface area contributed by atoms with Crippen molar-refractivity contribution >= 4 is 30.4 Å². The highest BCUT2D eigenvalue weighted by atomic mass is 16.5. The Bertz CT molecular complexity index is 1370. The van der Waals surface area contributed by atoms with E-state index in [1.165, 1.54) is 16.7 Å². The summed E-state index contributed by atoms with van der Waals surface area (Å²) in [5, 5.41) is 7.50. The van der Waals surface area contributed by atoms with Crippen molar-refractivity contribution in [2.24, 2.45) is 0 Å². The molecule has 5 nitrogen and oxygen atoms in total. The third-order valence-electron chi connectivity index (χ3n) is 5.69. The topological polar surface area (TPSA) is 60.0 Å². The molecule has 0 atom stereocenters. The van der Waals surface area contributed by atoms with Crippen molar-refractivity contribution in [3.05, 3.63) is 112 Å². The Balaban J connectivity index is 1.25. The molecule has 0 radical (unpaired) electrons. The van der Waals surface area contributed by atoms with Gasteiger partial charge in [0.05, 0.1) is 18.5 Å². The van der Waals surface area contributed by atoms with Crippen molar-refractivity contribution in [2.75, 3.05) is 7.11 Å². The van der Waals surface area contributed by atoms with Crippen LogP contribution >= 0.6 is 0 Å². The Morgan fingerprint density at radius 3 is 2.79 bits per heavy atom. The summed E-state index contributed by atoms with van der Waals surface area (Å²) in [6.45, 7) is 0.456. The number of aromatic nitrogens is 3. The van der Waals surface area contributed by atoms with Crippen molar-refractivity contribution in [2.45, 2.75) is 13.0 Å². The number of fused-ring (bicyclic) bond motifs is 1. The van der Waals surface area contributed by atoms with Crippen LogP contribution in [0.4, 0.5) is 0 Å². The van der Waals surface area contributed by atoms with Crippen LogP contribution in [-0.2, 0) is 13.0 Å². The van der Waals surface area contributed by atoms with Gasteiger partial charge in [0.25, 0.3) is 0 Å². The number of allylic oxidation sites excluding steroid dienone is 1.